The molecule has 1 aliphatic rings. The summed E-state index contributed by atoms with van der Waals surface area (Å²) in [5, 5.41) is 11.2. The van der Waals surface area contributed by atoms with E-state index >= 15 is 0 Å². The number of hydrogen-bond acceptors (Lipinski definition) is 8. The van der Waals surface area contributed by atoms with E-state index in [9.17, 15) is 19.7 Å². The van der Waals surface area contributed by atoms with E-state index in [0.29, 0.717) is 33.3 Å². The molecule has 36 heavy (non-hydrogen) atoms. The normalized spacial score (nSPS) is 13.8. The molecule has 0 saturated carbocycles. The minimum atomic E-state index is -0.704. The molecule has 182 valence electrons. The van der Waals surface area contributed by atoms with Crippen molar-refractivity contribution < 1.29 is 28.7 Å². The summed E-state index contributed by atoms with van der Waals surface area (Å²) in [6.07, 6.45) is 1.48. The number of carbonyl (C=O) groups excluding carboxylic acids is 2. The molecule has 1 heterocycles. The molecule has 0 amide bonds. The van der Waals surface area contributed by atoms with Crippen molar-refractivity contribution in [1.82, 2.24) is 0 Å². The van der Waals surface area contributed by atoms with Gasteiger partial charge in [-0.3, -0.25) is 10.1 Å². The number of nitro groups is 1. The van der Waals surface area contributed by atoms with Gasteiger partial charge in [-0.2, -0.15) is 0 Å². The Morgan fingerprint density at radius 3 is 2.61 bits per heavy atom. The lowest BCUT2D eigenvalue weighted by Gasteiger charge is -2.13. The van der Waals surface area contributed by atoms with Crippen LogP contribution < -0.4 is 9.47 Å². The Hall–Kier alpha value is -4.31. The average molecular weight is 551 g/mol. The van der Waals surface area contributed by atoms with Crippen molar-refractivity contribution in [3.05, 3.63) is 103 Å². The first-order chi connectivity index (χ1) is 17.3. The average Bonchev–Trinajstić information content (AvgIpc) is 3.21. The van der Waals surface area contributed by atoms with Crippen molar-refractivity contribution in [2.24, 2.45) is 4.99 Å². The molecule has 0 N–H and O–H groups in total. The molecule has 1 aliphatic heterocycles. The van der Waals surface area contributed by atoms with Gasteiger partial charge in [0.1, 0.15) is 0 Å². The van der Waals surface area contributed by atoms with E-state index < -0.39 is 16.9 Å². The van der Waals surface area contributed by atoms with Crippen molar-refractivity contribution in [3.8, 4) is 11.5 Å². The molecule has 0 bridgehead atoms. The number of halogens is 1. The number of cyclic esters (lactones) is 1. The second-order valence-electron chi connectivity index (χ2n) is 7.56. The number of aliphatic imine (C=N–C) groups is 1. The molecular formula is C26H19BrN2O7. The largest absolute Gasteiger partial charge is 0.490 e. The molecule has 0 unspecified atom stereocenters. The number of hydrogen-bond donors (Lipinski definition) is 0. The highest BCUT2D eigenvalue weighted by Crippen LogP contribution is 2.38. The van der Waals surface area contributed by atoms with E-state index in [1.54, 1.807) is 62.4 Å². The lowest BCUT2D eigenvalue weighted by Crippen LogP contribution is -2.10. The van der Waals surface area contributed by atoms with E-state index in [4.69, 9.17) is 14.2 Å². The molecule has 0 radical (unpaired) electrons. The zero-order valence-corrected chi connectivity index (χ0v) is 20.8. The highest BCUT2D eigenvalue weighted by molar-refractivity contribution is 9.10. The minimum Gasteiger partial charge on any atom is -0.490 e. The molecule has 0 aliphatic carbocycles. The van der Waals surface area contributed by atoms with Gasteiger partial charge in [-0.25, -0.2) is 14.6 Å². The smallest absolute Gasteiger partial charge is 0.363 e. The van der Waals surface area contributed by atoms with Gasteiger partial charge >= 0.3 is 11.9 Å². The number of esters is 2. The molecular weight excluding hydrogens is 532 g/mol. The fourth-order valence-corrected chi connectivity index (χ4v) is 4.03. The van der Waals surface area contributed by atoms with Crippen LogP contribution in [-0.4, -0.2) is 29.4 Å². The van der Waals surface area contributed by atoms with Crippen molar-refractivity contribution in [3.63, 3.8) is 0 Å². The van der Waals surface area contributed by atoms with Crippen LogP contribution >= 0.6 is 15.9 Å². The SMILES string of the molecule is CCOc1cc(/C=C2\N=C(c3cccc([N+](=O)[O-])c3C)OC2=O)cc(Br)c1OC(=O)c1ccccc1. The summed E-state index contributed by atoms with van der Waals surface area (Å²) in [7, 11) is 0. The second-order valence-corrected chi connectivity index (χ2v) is 8.42. The second kappa shape index (κ2) is 10.5. The van der Waals surface area contributed by atoms with Crippen molar-refractivity contribution in [1.29, 1.82) is 0 Å². The molecule has 4 rings (SSSR count). The number of rotatable bonds is 7. The maximum Gasteiger partial charge on any atom is 0.363 e. The Morgan fingerprint density at radius 1 is 1.17 bits per heavy atom. The van der Waals surface area contributed by atoms with Gasteiger partial charge in [0.15, 0.2) is 17.2 Å². The van der Waals surface area contributed by atoms with Crippen molar-refractivity contribution in [2.45, 2.75) is 13.8 Å². The van der Waals surface area contributed by atoms with Crippen LogP contribution in [0.4, 0.5) is 5.69 Å². The first-order valence-electron chi connectivity index (χ1n) is 10.8. The third-order valence-electron chi connectivity index (χ3n) is 5.19. The van der Waals surface area contributed by atoms with Crippen LogP contribution in [0.25, 0.3) is 6.08 Å². The summed E-state index contributed by atoms with van der Waals surface area (Å²) in [6, 6.07) is 16.2. The van der Waals surface area contributed by atoms with Crippen LogP contribution in [0.1, 0.15) is 34.0 Å². The summed E-state index contributed by atoms with van der Waals surface area (Å²) in [4.78, 5) is 40.1. The maximum atomic E-state index is 12.6. The Labute approximate surface area is 214 Å². The quantitative estimate of drug-likeness (QED) is 0.123. The summed E-state index contributed by atoms with van der Waals surface area (Å²) < 4.78 is 17.0. The fourth-order valence-electron chi connectivity index (χ4n) is 3.49. The molecule has 0 fully saturated rings. The Balaban J connectivity index is 1.67. The molecule has 0 spiro atoms. The predicted octanol–water partition coefficient (Wildman–Crippen LogP) is 5.63. The maximum absolute atomic E-state index is 12.6. The summed E-state index contributed by atoms with van der Waals surface area (Å²) in [5.41, 5.74) is 1.48. The number of ether oxygens (including phenoxy) is 3. The van der Waals surface area contributed by atoms with Gasteiger partial charge in [0.05, 0.1) is 21.6 Å². The standard InChI is InChI=1S/C26H19BrN2O7/c1-3-34-22-14-16(12-19(27)23(22)35-25(30)17-8-5-4-6-9-17)13-20-26(31)36-24(28-20)18-10-7-11-21(15(18)2)29(32)33/h4-14H,3H2,1-2H3/b20-13-. The lowest BCUT2D eigenvalue weighted by molar-refractivity contribution is -0.385. The highest BCUT2D eigenvalue weighted by atomic mass is 79.9. The van der Waals surface area contributed by atoms with E-state index in [1.165, 1.54) is 18.2 Å². The third-order valence-corrected chi connectivity index (χ3v) is 5.78. The minimum absolute atomic E-state index is 0.000662. The molecule has 3 aromatic carbocycles. The fraction of sp³-hybridized carbons (Fsp3) is 0.115. The van der Waals surface area contributed by atoms with Crippen molar-refractivity contribution >= 4 is 45.5 Å². The number of nitro benzene ring substituents is 1. The zero-order chi connectivity index (χ0) is 25.8. The molecule has 0 atom stereocenters. The number of benzene rings is 3. The van der Waals surface area contributed by atoms with Gasteiger partial charge in [-0.1, -0.05) is 24.3 Å². The van der Waals surface area contributed by atoms with Crippen LogP contribution in [0.5, 0.6) is 11.5 Å². The Morgan fingerprint density at radius 2 is 1.92 bits per heavy atom. The topological polar surface area (TPSA) is 117 Å². The van der Waals surface area contributed by atoms with Gasteiger partial charge in [-0.15, -0.1) is 0 Å². The number of carbonyl (C=O) groups is 2. The first-order valence-corrected chi connectivity index (χ1v) is 11.6. The van der Waals surface area contributed by atoms with E-state index in [2.05, 4.69) is 20.9 Å². The van der Waals surface area contributed by atoms with Gasteiger partial charge in [0.2, 0.25) is 5.90 Å². The summed E-state index contributed by atoms with van der Waals surface area (Å²) in [6.45, 7) is 3.65. The van der Waals surface area contributed by atoms with E-state index in [1.807, 2.05) is 0 Å². The summed E-state index contributed by atoms with van der Waals surface area (Å²) in [5.74, 6) is -0.801. The van der Waals surface area contributed by atoms with Gasteiger partial charge in [0.25, 0.3) is 5.69 Å². The molecule has 9 nitrogen and oxygen atoms in total. The van der Waals surface area contributed by atoms with Crippen LogP contribution in [0.3, 0.4) is 0 Å². The van der Waals surface area contributed by atoms with Crippen LogP contribution in [0.15, 0.2) is 75.8 Å². The zero-order valence-electron chi connectivity index (χ0n) is 19.2. The van der Waals surface area contributed by atoms with Crippen molar-refractivity contribution in [2.75, 3.05) is 6.61 Å². The Bertz CT molecular complexity index is 1430. The van der Waals surface area contributed by atoms with E-state index in [-0.39, 0.29) is 28.8 Å². The Kier molecular flexibility index (Phi) is 7.25. The molecule has 10 heteroatoms. The molecule has 0 aromatic heterocycles. The van der Waals surface area contributed by atoms with Gasteiger partial charge < -0.3 is 14.2 Å². The highest BCUT2D eigenvalue weighted by Gasteiger charge is 2.28. The van der Waals surface area contributed by atoms with Crippen LogP contribution in [-0.2, 0) is 9.53 Å². The van der Waals surface area contributed by atoms with Crippen LogP contribution in [0, 0.1) is 17.0 Å². The van der Waals surface area contributed by atoms with Crippen LogP contribution in [0.2, 0.25) is 0 Å². The summed E-state index contributed by atoms with van der Waals surface area (Å²) >= 11 is 3.41. The molecule has 3 aromatic rings. The first kappa shape index (κ1) is 24.8. The monoisotopic (exact) mass is 550 g/mol. The van der Waals surface area contributed by atoms with E-state index in [0.717, 1.165) is 0 Å². The molecule has 0 saturated heterocycles. The lowest BCUT2D eigenvalue weighted by atomic mass is 10.1. The number of nitrogens with zero attached hydrogens (tertiary/aromatic N) is 2. The predicted molar refractivity (Wildman–Crippen MR) is 135 cm³/mol. The third kappa shape index (κ3) is 5.18. The van der Waals surface area contributed by atoms with Gasteiger partial charge in [0, 0.05) is 17.2 Å². The van der Waals surface area contributed by atoms with Gasteiger partial charge in [-0.05, 0) is 71.7 Å².